The second kappa shape index (κ2) is 8.02. The number of benzene rings is 2. The molecule has 0 spiro atoms. The van der Waals surface area contributed by atoms with Crippen molar-refractivity contribution in [1.82, 2.24) is 19.5 Å². The molecule has 0 aliphatic rings. The van der Waals surface area contributed by atoms with Gasteiger partial charge in [-0.2, -0.15) is 5.26 Å². The van der Waals surface area contributed by atoms with Crippen LogP contribution < -0.4 is 10.1 Å². The van der Waals surface area contributed by atoms with Crippen molar-refractivity contribution in [2.75, 3.05) is 5.32 Å². The van der Waals surface area contributed by atoms with Gasteiger partial charge in [0.1, 0.15) is 24.2 Å². The molecule has 0 atom stereocenters. The maximum absolute atomic E-state index is 12.3. The van der Waals surface area contributed by atoms with Gasteiger partial charge in [-0.1, -0.05) is 6.07 Å². The minimum absolute atomic E-state index is 0.295. The Morgan fingerprint density at radius 1 is 1.10 bits per heavy atom. The monoisotopic (exact) mass is 382 g/mol. The minimum Gasteiger partial charge on any atom is -0.439 e. The van der Waals surface area contributed by atoms with E-state index in [1.807, 2.05) is 6.07 Å². The molecule has 0 bridgehead atoms. The number of imidazole rings is 1. The molecule has 0 unspecified atom stereocenters. The number of carbonyl (C=O) groups is 1. The van der Waals surface area contributed by atoms with Crippen LogP contribution in [0, 0.1) is 11.3 Å². The van der Waals surface area contributed by atoms with Crippen molar-refractivity contribution >= 4 is 11.6 Å². The Morgan fingerprint density at radius 3 is 2.72 bits per heavy atom. The molecule has 140 valence electrons. The summed E-state index contributed by atoms with van der Waals surface area (Å²) in [6, 6.07) is 17.1. The van der Waals surface area contributed by atoms with Crippen molar-refractivity contribution in [2.45, 2.75) is 0 Å². The van der Waals surface area contributed by atoms with E-state index in [0.717, 1.165) is 0 Å². The second-order valence-corrected chi connectivity index (χ2v) is 5.96. The molecule has 0 aliphatic carbocycles. The Bertz CT molecular complexity index is 1180. The van der Waals surface area contributed by atoms with Gasteiger partial charge in [-0.05, 0) is 42.5 Å². The molecule has 0 saturated carbocycles. The lowest BCUT2D eigenvalue weighted by molar-refractivity contribution is 0.102. The van der Waals surface area contributed by atoms with Crippen molar-refractivity contribution in [3.63, 3.8) is 0 Å². The molecule has 1 N–H and O–H groups in total. The molecule has 4 rings (SSSR count). The molecule has 4 aromatic rings. The van der Waals surface area contributed by atoms with Crippen molar-refractivity contribution in [2.24, 2.45) is 0 Å². The largest absolute Gasteiger partial charge is 0.439 e. The zero-order valence-electron chi connectivity index (χ0n) is 15.1. The zero-order chi connectivity index (χ0) is 20.1. The fraction of sp³-hybridized carbons (Fsp3) is 0. The van der Waals surface area contributed by atoms with E-state index in [4.69, 9.17) is 10.00 Å². The quantitative estimate of drug-likeness (QED) is 0.565. The first kappa shape index (κ1) is 17.9. The highest BCUT2D eigenvalue weighted by molar-refractivity contribution is 6.04. The van der Waals surface area contributed by atoms with E-state index in [0.29, 0.717) is 34.3 Å². The van der Waals surface area contributed by atoms with E-state index in [1.54, 1.807) is 77.9 Å². The molecular weight excluding hydrogens is 368 g/mol. The number of nitrogens with one attached hydrogen (secondary N) is 1. The Kier molecular flexibility index (Phi) is 4.95. The number of nitriles is 1. The van der Waals surface area contributed by atoms with Crippen LogP contribution in [-0.4, -0.2) is 25.4 Å². The Morgan fingerprint density at radius 2 is 1.97 bits per heavy atom. The van der Waals surface area contributed by atoms with E-state index < -0.39 is 0 Å². The van der Waals surface area contributed by atoms with Gasteiger partial charge >= 0.3 is 0 Å². The van der Waals surface area contributed by atoms with Gasteiger partial charge in [0.2, 0.25) is 5.88 Å². The van der Waals surface area contributed by atoms with Gasteiger partial charge in [-0.3, -0.25) is 9.36 Å². The van der Waals surface area contributed by atoms with Crippen molar-refractivity contribution < 1.29 is 9.53 Å². The Hall–Kier alpha value is -4.51. The summed E-state index contributed by atoms with van der Waals surface area (Å²) in [4.78, 5) is 24.6. The lowest BCUT2D eigenvalue weighted by atomic mass is 10.1. The Balaban J connectivity index is 1.44. The molecule has 0 saturated heterocycles. The van der Waals surface area contributed by atoms with Gasteiger partial charge in [-0.15, -0.1) is 0 Å². The third-order valence-corrected chi connectivity index (χ3v) is 3.98. The standard InChI is InChI=1S/C21H14N6O2/c22-12-15-2-1-3-16(10-15)21(28)26-17-4-6-18(7-5-17)29-20-11-19(24-13-25-20)27-9-8-23-14-27/h1-11,13-14H,(H,26,28). The number of aromatic nitrogens is 4. The predicted octanol–water partition coefficient (Wildman–Crippen LogP) is 3.58. The first-order chi connectivity index (χ1) is 14.2. The van der Waals surface area contributed by atoms with E-state index >= 15 is 0 Å². The number of carbonyl (C=O) groups excluding carboxylic acids is 1. The van der Waals surface area contributed by atoms with Gasteiger partial charge in [0.15, 0.2) is 0 Å². The normalized spacial score (nSPS) is 10.2. The predicted molar refractivity (Wildman–Crippen MR) is 105 cm³/mol. The fourth-order valence-corrected chi connectivity index (χ4v) is 2.58. The van der Waals surface area contributed by atoms with Crippen LogP contribution in [0.25, 0.3) is 5.82 Å². The smallest absolute Gasteiger partial charge is 0.255 e. The van der Waals surface area contributed by atoms with Crippen LogP contribution in [0.2, 0.25) is 0 Å². The van der Waals surface area contributed by atoms with E-state index in [9.17, 15) is 4.79 Å². The van der Waals surface area contributed by atoms with Gasteiger partial charge in [0, 0.05) is 29.7 Å². The molecule has 0 aliphatic heterocycles. The van der Waals surface area contributed by atoms with Crippen LogP contribution in [0.3, 0.4) is 0 Å². The third-order valence-electron chi connectivity index (χ3n) is 3.98. The average molecular weight is 382 g/mol. The number of ether oxygens (including phenoxy) is 1. The van der Waals surface area contributed by atoms with E-state index in [-0.39, 0.29) is 5.91 Å². The lowest BCUT2D eigenvalue weighted by Crippen LogP contribution is -2.11. The summed E-state index contributed by atoms with van der Waals surface area (Å²) < 4.78 is 7.50. The van der Waals surface area contributed by atoms with Gasteiger partial charge in [0.25, 0.3) is 5.91 Å². The summed E-state index contributed by atoms with van der Waals surface area (Å²) in [6.07, 6.45) is 6.48. The highest BCUT2D eigenvalue weighted by Gasteiger charge is 2.08. The maximum Gasteiger partial charge on any atom is 0.255 e. The molecular formula is C21H14N6O2. The molecule has 8 nitrogen and oxygen atoms in total. The molecule has 2 aromatic carbocycles. The summed E-state index contributed by atoms with van der Waals surface area (Å²) in [7, 11) is 0. The number of rotatable bonds is 5. The number of amides is 1. The summed E-state index contributed by atoms with van der Waals surface area (Å²) >= 11 is 0. The first-order valence-corrected chi connectivity index (χ1v) is 8.61. The van der Waals surface area contributed by atoms with E-state index in [2.05, 4.69) is 20.3 Å². The van der Waals surface area contributed by atoms with Gasteiger partial charge < -0.3 is 10.1 Å². The van der Waals surface area contributed by atoms with E-state index in [1.165, 1.54) is 6.33 Å². The topological polar surface area (TPSA) is 106 Å². The minimum atomic E-state index is -0.295. The van der Waals surface area contributed by atoms with Gasteiger partial charge in [-0.25, -0.2) is 15.0 Å². The highest BCUT2D eigenvalue weighted by atomic mass is 16.5. The summed E-state index contributed by atoms with van der Waals surface area (Å²) in [5, 5.41) is 11.7. The lowest BCUT2D eigenvalue weighted by Gasteiger charge is -2.08. The van der Waals surface area contributed by atoms with Crippen LogP contribution in [-0.2, 0) is 0 Å². The fourth-order valence-electron chi connectivity index (χ4n) is 2.58. The molecule has 2 aromatic heterocycles. The SMILES string of the molecule is N#Cc1cccc(C(=O)Nc2ccc(Oc3cc(-n4ccnc4)ncn3)cc2)c1. The first-order valence-electron chi connectivity index (χ1n) is 8.61. The molecule has 0 radical (unpaired) electrons. The maximum atomic E-state index is 12.3. The molecule has 29 heavy (non-hydrogen) atoms. The highest BCUT2D eigenvalue weighted by Crippen LogP contribution is 2.22. The number of nitrogens with zero attached hydrogens (tertiary/aromatic N) is 5. The van der Waals surface area contributed by atoms with Crippen molar-refractivity contribution in [1.29, 1.82) is 5.26 Å². The van der Waals surface area contributed by atoms with Crippen LogP contribution >= 0.6 is 0 Å². The number of hydrogen-bond acceptors (Lipinski definition) is 6. The van der Waals surface area contributed by atoms with Crippen LogP contribution in [0.15, 0.2) is 79.6 Å². The number of hydrogen-bond donors (Lipinski definition) is 1. The zero-order valence-corrected chi connectivity index (χ0v) is 15.1. The van der Waals surface area contributed by atoms with Crippen LogP contribution in [0.4, 0.5) is 5.69 Å². The van der Waals surface area contributed by atoms with Crippen molar-refractivity contribution in [3.05, 3.63) is 90.8 Å². The summed E-state index contributed by atoms with van der Waals surface area (Å²) in [6.45, 7) is 0. The number of anilines is 1. The molecule has 2 heterocycles. The molecule has 1 amide bonds. The molecule has 8 heteroatoms. The van der Waals surface area contributed by atoms with Gasteiger partial charge in [0.05, 0.1) is 11.6 Å². The van der Waals surface area contributed by atoms with Crippen LogP contribution in [0.1, 0.15) is 15.9 Å². The third kappa shape index (κ3) is 4.26. The van der Waals surface area contributed by atoms with Crippen molar-refractivity contribution in [3.8, 4) is 23.5 Å². The average Bonchev–Trinajstić information content (AvgIpc) is 3.30. The summed E-state index contributed by atoms with van der Waals surface area (Å²) in [5.74, 6) is 1.28. The summed E-state index contributed by atoms with van der Waals surface area (Å²) in [5.41, 5.74) is 1.45. The second-order valence-electron chi connectivity index (χ2n) is 5.96. The molecule has 0 fully saturated rings. The Labute approximate surface area is 166 Å². The van der Waals surface area contributed by atoms with Crippen LogP contribution in [0.5, 0.6) is 11.6 Å².